The second-order valence-electron chi connectivity index (χ2n) is 7.68. The maximum Gasteiger partial charge on any atom is 0.321 e. The van der Waals surface area contributed by atoms with Gasteiger partial charge >= 0.3 is 6.03 Å². The van der Waals surface area contributed by atoms with Gasteiger partial charge in [0, 0.05) is 49.7 Å². The second-order valence-corrected chi connectivity index (χ2v) is 7.68. The van der Waals surface area contributed by atoms with Gasteiger partial charge in [-0.3, -0.25) is 4.79 Å². The Balaban J connectivity index is 1.43. The lowest BCUT2D eigenvalue weighted by Gasteiger charge is -2.36. The number of nitrogens with zero attached hydrogens (tertiary/aromatic N) is 2. The molecule has 1 aliphatic rings. The fourth-order valence-corrected chi connectivity index (χ4v) is 3.58. The Bertz CT molecular complexity index is 800. The van der Waals surface area contributed by atoms with Gasteiger partial charge in [0.1, 0.15) is 0 Å². The topological polar surface area (TPSA) is 64.7 Å². The van der Waals surface area contributed by atoms with Gasteiger partial charge in [0.25, 0.3) is 0 Å². The highest BCUT2D eigenvalue weighted by Crippen LogP contribution is 2.20. The summed E-state index contributed by atoms with van der Waals surface area (Å²) in [6.45, 7) is 5.08. The first-order valence-electron chi connectivity index (χ1n) is 10.9. The van der Waals surface area contributed by atoms with Crippen molar-refractivity contribution in [3.63, 3.8) is 0 Å². The molecular weight excluding hydrogens is 376 g/mol. The van der Waals surface area contributed by atoms with Crippen molar-refractivity contribution in [2.75, 3.05) is 41.7 Å². The molecule has 160 valence electrons. The molecule has 1 fully saturated rings. The Hall–Kier alpha value is -3.02. The first-order chi connectivity index (χ1) is 14.7. The van der Waals surface area contributed by atoms with E-state index in [1.165, 1.54) is 12.8 Å². The van der Waals surface area contributed by atoms with Gasteiger partial charge in [0.05, 0.1) is 0 Å². The quantitative estimate of drug-likeness (QED) is 0.608. The molecule has 0 bridgehead atoms. The van der Waals surface area contributed by atoms with Crippen LogP contribution in [0.25, 0.3) is 0 Å². The first kappa shape index (κ1) is 21.7. The van der Waals surface area contributed by atoms with Crippen LogP contribution < -0.4 is 15.5 Å². The minimum atomic E-state index is -0.0575. The molecule has 0 atom stereocenters. The van der Waals surface area contributed by atoms with E-state index < -0.39 is 0 Å². The van der Waals surface area contributed by atoms with Crippen LogP contribution in [0.15, 0.2) is 54.6 Å². The molecule has 2 aromatic carbocycles. The number of urea groups is 1. The third kappa shape index (κ3) is 6.51. The molecule has 0 aromatic heterocycles. The minimum Gasteiger partial charge on any atom is -0.368 e. The lowest BCUT2D eigenvalue weighted by atomic mass is 10.1. The number of rotatable bonds is 8. The van der Waals surface area contributed by atoms with Gasteiger partial charge in [-0.1, -0.05) is 44.4 Å². The molecule has 0 radical (unpaired) electrons. The van der Waals surface area contributed by atoms with Gasteiger partial charge < -0.3 is 20.4 Å². The molecule has 0 saturated carbocycles. The summed E-state index contributed by atoms with van der Waals surface area (Å²) in [6, 6.07) is 17.4. The van der Waals surface area contributed by atoms with Crippen molar-refractivity contribution < 1.29 is 9.59 Å². The Kier molecular flexibility index (Phi) is 8.12. The van der Waals surface area contributed by atoms with E-state index in [9.17, 15) is 9.59 Å². The number of carbonyl (C=O) groups is 2. The van der Waals surface area contributed by atoms with Gasteiger partial charge in [-0.25, -0.2) is 4.79 Å². The number of para-hydroxylation sites is 1. The van der Waals surface area contributed by atoms with Crippen LogP contribution in [-0.2, 0) is 4.79 Å². The van der Waals surface area contributed by atoms with E-state index in [-0.39, 0.29) is 11.9 Å². The van der Waals surface area contributed by atoms with Crippen molar-refractivity contribution in [3.05, 3.63) is 54.6 Å². The number of piperazine rings is 1. The van der Waals surface area contributed by atoms with Crippen LogP contribution in [0, 0.1) is 0 Å². The van der Waals surface area contributed by atoms with Crippen molar-refractivity contribution in [2.45, 2.75) is 39.0 Å². The van der Waals surface area contributed by atoms with Crippen molar-refractivity contribution in [2.24, 2.45) is 0 Å². The van der Waals surface area contributed by atoms with E-state index in [2.05, 4.69) is 22.5 Å². The molecule has 1 heterocycles. The van der Waals surface area contributed by atoms with Gasteiger partial charge in [0.15, 0.2) is 0 Å². The van der Waals surface area contributed by atoms with Gasteiger partial charge in [-0.2, -0.15) is 0 Å². The maximum atomic E-state index is 12.4. The molecular formula is C24H32N4O2. The standard InChI is InChI=1S/C24H32N4O2/c1-2-3-4-8-11-23(29)25-21-12-14-22(15-13-21)27-16-18-28(19-17-27)24(30)26-20-9-6-5-7-10-20/h5-7,9-10,12-15H,2-4,8,11,16-19H2,1H3,(H,25,29)(H,26,30). The lowest BCUT2D eigenvalue weighted by Crippen LogP contribution is -2.50. The monoisotopic (exact) mass is 408 g/mol. The Labute approximate surface area is 179 Å². The highest BCUT2D eigenvalue weighted by molar-refractivity contribution is 5.91. The highest BCUT2D eigenvalue weighted by Gasteiger charge is 2.21. The highest BCUT2D eigenvalue weighted by atomic mass is 16.2. The van der Waals surface area contributed by atoms with Gasteiger partial charge in [0.2, 0.25) is 5.91 Å². The van der Waals surface area contributed by atoms with Crippen LogP contribution >= 0.6 is 0 Å². The number of amides is 3. The predicted molar refractivity (Wildman–Crippen MR) is 123 cm³/mol. The van der Waals surface area contributed by atoms with Crippen molar-refractivity contribution in [3.8, 4) is 0 Å². The van der Waals surface area contributed by atoms with E-state index in [0.717, 1.165) is 43.0 Å². The summed E-state index contributed by atoms with van der Waals surface area (Å²) in [5, 5.41) is 5.92. The average molecular weight is 409 g/mol. The fraction of sp³-hybridized carbons (Fsp3) is 0.417. The van der Waals surface area contributed by atoms with Gasteiger partial charge in [-0.05, 0) is 42.8 Å². The van der Waals surface area contributed by atoms with Crippen LogP contribution in [0.1, 0.15) is 39.0 Å². The summed E-state index contributed by atoms with van der Waals surface area (Å²) in [6.07, 6.45) is 4.99. The minimum absolute atomic E-state index is 0.0575. The van der Waals surface area contributed by atoms with E-state index in [1.807, 2.05) is 59.5 Å². The molecule has 6 nitrogen and oxygen atoms in total. The van der Waals surface area contributed by atoms with Crippen LogP contribution in [0.3, 0.4) is 0 Å². The molecule has 3 rings (SSSR count). The van der Waals surface area contributed by atoms with Gasteiger partial charge in [-0.15, -0.1) is 0 Å². The normalized spacial score (nSPS) is 13.8. The summed E-state index contributed by atoms with van der Waals surface area (Å²) in [5.74, 6) is 0.0805. The molecule has 1 saturated heterocycles. The summed E-state index contributed by atoms with van der Waals surface area (Å²) < 4.78 is 0. The number of carbonyl (C=O) groups excluding carboxylic acids is 2. The summed E-state index contributed by atoms with van der Waals surface area (Å²) >= 11 is 0. The van der Waals surface area contributed by atoms with E-state index in [4.69, 9.17) is 0 Å². The zero-order valence-electron chi connectivity index (χ0n) is 17.8. The number of benzene rings is 2. The van der Waals surface area contributed by atoms with Crippen LogP contribution in [0.2, 0.25) is 0 Å². The molecule has 2 N–H and O–H groups in total. The van der Waals surface area contributed by atoms with E-state index >= 15 is 0 Å². The molecule has 3 amide bonds. The molecule has 6 heteroatoms. The van der Waals surface area contributed by atoms with Crippen molar-refractivity contribution in [1.29, 1.82) is 0 Å². The second kappa shape index (κ2) is 11.2. The molecule has 30 heavy (non-hydrogen) atoms. The summed E-state index contributed by atoms with van der Waals surface area (Å²) in [5.41, 5.74) is 2.76. The van der Waals surface area contributed by atoms with E-state index in [0.29, 0.717) is 19.5 Å². The van der Waals surface area contributed by atoms with Crippen LogP contribution in [-0.4, -0.2) is 43.0 Å². The largest absolute Gasteiger partial charge is 0.368 e. The molecule has 0 spiro atoms. The zero-order valence-corrected chi connectivity index (χ0v) is 17.8. The summed E-state index contributed by atoms with van der Waals surface area (Å²) in [7, 11) is 0. The van der Waals surface area contributed by atoms with Crippen LogP contribution in [0.5, 0.6) is 0 Å². The molecule has 2 aromatic rings. The fourth-order valence-electron chi connectivity index (χ4n) is 3.58. The predicted octanol–water partition coefficient (Wildman–Crippen LogP) is 4.95. The third-order valence-electron chi connectivity index (χ3n) is 5.37. The number of nitrogens with one attached hydrogen (secondary N) is 2. The Morgan fingerprint density at radius 3 is 2.13 bits per heavy atom. The zero-order chi connectivity index (χ0) is 21.2. The Morgan fingerprint density at radius 1 is 0.800 bits per heavy atom. The maximum absolute atomic E-state index is 12.4. The molecule has 0 aliphatic carbocycles. The Morgan fingerprint density at radius 2 is 1.47 bits per heavy atom. The lowest BCUT2D eigenvalue weighted by molar-refractivity contribution is -0.116. The smallest absolute Gasteiger partial charge is 0.321 e. The van der Waals surface area contributed by atoms with Crippen molar-refractivity contribution >= 4 is 29.0 Å². The third-order valence-corrected chi connectivity index (χ3v) is 5.37. The molecule has 0 unspecified atom stereocenters. The van der Waals surface area contributed by atoms with Crippen molar-refractivity contribution in [1.82, 2.24) is 4.90 Å². The number of hydrogen-bond acceptors (Lipinski definition) is 3. The first-order valence-corrected chi connectivity index (χ1v) is 10.9. The van der Waals surface area contributed by atoms with Crippen LogP contribution in [0.4, 0.5) is 21.9 Å². The number of unbranched alkanes of at least 4 members (excludes halogenated alkanes) is 3. The summed E-state index contributed by atoms with van der Waals surface area (Å²) in [4.78, 5) is 28.6. The van der Waals surface area contributed by atoms with E-state index in [1.54, 1.807) is 0 Å². The SMILES string of the molecule is CCCCCCC(=O)Nc1ccc(N2CCN(C(=O)Nc3ccccc3)CC2)cc1. The number of anilines is 3. The molecule has 1 aliphatic heterocycles. The number of hydrogen-bond donors (Lipinski definition) is 2. The average Bonchev–Trinajstić information content (AvgIpc) is 2.78.